The van der Waals surface area contributed by atoms with Gasteiger partial charge in [0.1, 0.15) is 0 Å². The summed E-state index contributed by atoms with van der Waals surface area (Å²) in [5.74, 6) is -0.185. The van der Waals surface area contributed by atoms with Gasteiger partial charge in [-0.2, -0.15) is 0 Å². The Balaban J connectivity index is 1.75. The van der Waals surface area contributed by atoms with Crippen molar-refractivity contribution in [3.05, 3.63) is 95.4 Å². The molecule has 5 heteroatoms. The third kappa shape index (κ3) is 2.90. The maximum Gasteiger partial charge on any atom is 0.298 e. The monoisotopic (exact) mass is 347 g/mol. The molecule has 1 aliphatic heterocycles. The second-order valence-corrected chi connectivity index (χ2v) is 6.49. The predicted molar refractivity (Wildman–Crippen MR) is 96.7 cm³/mol. The number of carbonyl (C=O) groups is 2. The number of amides is 1. The average molecular weight is 347 g/mol. The van der Waals surface area contributed by atoms with E-state index in [0.29, 0.717) is 16.2 Å². The van der Waals surface area contributed by atoms with Crippen molar-refractivity contribution in [3.8, 4) is 0 Å². The second kappa shape index (κ2) is 6.45. The minimum Gasteiger partial charge on any atom is -0.459 e. The van der Waals surface area contributed by atoms with Crippen LogP contribution in [0.15, 0.2) is 93.4 Å². The summed E-state index contributed by atoms with van der Waals surface area (Å²) in [5, 5.41) is 0. The van der Waals surface area contributed by atoms with Crippen molar-refractivity contribution in [1.29, 1.82) is 0 Å². The van der Waals surface area contributed by atoms with Crippen LogP contribution < -0.4 is 4.90 Å². The Kier molecular flexibility index (Phi) is 3.99. The number of anilines is 1. The summed E-state index contributed by atoms with van der Waals surface area (Å²) in [6, 6.07) is 19.9. The number of ketones is 1. The number of nitrogens with zero attached hydrogens (tertiary/aromatic N) is 1. The molecule has 0 saturated carbocycles. The summed E-state index contributed by atoms with van der Waals surface area (Å²) in [7, 11) is 0. The molecule has 0 atom stereocenters. The molecule has 25 heavy (non-hydrogen) atoms. The Morgan fingerprint density at radius 1 is 0.960 bits per heavy atom. The highest BCUT2D eigenvalue weighted by Crippen LogP contribution is 2.40. The van der Waals surface area contributed by atoms with E-state index in [2.05, 4.69) is 0 Å². The van der Waals surface area contributed by atoms with Gasteiger partial charge in [0.05, 0.1) is 11.2 Å². The van der Waals surface area contributed by atoms with Gasteiger partial charge in [0.15, 0.2) is 5.76 Å². The van der Waals surface area contributed by atoms with Crippen molar-refractivity contribution >= 4 is 29.1 Å². The summed E-state index contributed by atoms with van der Waals surface area (Å²) >= 11 is 1.37. The molecule has 1 aliphatic rings. The molecule has 1 amide bonds. The van der Waals surface area contributed by atoms with E-state index in [-0.39, 0.29) is 17.5 Å². The van der Waals surface area contributed by atoms with E-state index in [1.54, 1.807) is 24.4 Å². The fraction of sp³-hybridized carbons (Fsp3) is 0. The first-order chi connectivity index (χ1) is 12.2. The van der Waals surface area contributed by atoms with E-state index in [4.69, 9.17) is 4.42 Å². The largest absolute Gasteiger partial charge is 0.459 e. The SMILES string of the molecule is O=C1/C(=C\N(C(=O)c2ccco2)c2ccccc2)Sc2ccccc21. The highest BCUT2D eigenvalue weighted by atomic mass is 32.2. The lowest BCUT2D eigenvalue weighted by Crippen LogP contribution is -2.25. The highest BCUT2D eigenvalue weighted by Gasteiger charge is 2.28. The molecule has 0 radical (unpaired) electrons. The summed E-state index contributed by atoms with van der Waals surface area (Å²) in [4.78, 5) is 28.3. The molecule has 0 unspecified atom stereocenters. The molecule has 4 rings (SSSR count). The summed E-state index contributed by atoms with van der Waals surface area (Å²) in [6.07, 6.45) is 3.04. The first-order valence-corrected chi connectivity index (χ1v) is 8.51. The Morgan fingerprint density at radius 3 is 2.44 bits per heavy atom. The van der Waals surface area contributed by atoms with Crippen LogP contribution in [0.4, 0.5) is 5.69 Å². The topological polar surface area (TPSA) is 50.5 Å². The van der Waals surface area contributed by atoms with E-state index >= 15 is 0 Å². The molecular formula is C20H13NO3S. The van der Waals surface area contributed by atoms with Crippen LogP contribution in [0.25, 0.3) is 0 Å². The lowest BCUT2D eigenvalue weighted by atomic mass is 10.1. The molecule has 3 aromatic rings. The number of furan rings is 1. The molecule has 0 aliphatic carbocycles. The number of hydrogen-bond donors (Lipinski definition) is 0. The lowest BCUT2D eigenvalue weighted by Gasteiger charge is -2.18. The average Bonchev–Trinajstić information content (AvgIpc) is 3.29. The first-order valence-electron chi connectivity index (χ1n) is 7.69. The predicted octanol–water partition coefficient (Wildman–Crippen LogP) is 4.76. The number of rotatable bonds is 3. The Bertz CT molecular complexity index is 962. The Morgan fingerprint density at radius 2 is 1.72 bits per heavy atom. The zero-order valence-electron chi connectivity index (χ0n) is 13.1. The van der Waals surface area contributed by atoms with Gasteiger partial charge in [-0.15, -0.1) is 0 Å². The van der Waals surface area contributed by atoms with E-state index < -0.39 is 0 Å². The molecule has 0 spiro atoms. The van der Waals surface area contributed by atoms with Gasteiger partial charge in [0.2, 0.25) is 5.78 Å². The molecule has 0 fully saturated rings. The number of carbonyl (C=O) groups excluding carboxylic acids is 2. The molecule has 2 heterocycles. The first kappa shape index (κ1) is 15.5. The van der Waals surface area contributed by atoms with Crippen LogP contribution >= 0.6 is 11.8 Å². The molecule has 0 bridgehead atoms. The third-order valence-electron chi connectivity index (χ3n) is 3.81. The second-order valence-electron chi connectivity index (χ2n) is 5.41. The van der Waals surface area contributed by atoms with Crippen LogP contribution in [0.3, 0.4) is 0 Å². The van der Waals surface area contributed by atoms with Crippen molar-refractivity contribution in [3.63, 3.8) is 0 Å². The van der Waals surface area contributed by atoms with Gasteiger partial charge < -0.3 is 4.42 Å². The Hall–Kier alpha value is -3.05. The number of allylic oxidation sites excluding steroid dienone is 1. The molecule has 0 N–H and O–H groups in total. The standard InChI is InChI=1S/C20H13NO3S/c22-19-15-9-4-5-11-17(15)25-18(19)13-21(14-7-2-1-3-8-14)20(23)16-10-6-12-24-16/h1-13H/b18-13+. The minimum absolute atomic E-state index is 0.0752. The van der Waals surface area contributed by atoms with Crippen molar-refractivity contribution in [1.82, 2.24) is 0 Å². The van der Waals surface area contributed by atoms with Crippen molar-refractivity contribution in [2.75, 3.05) is 4.90 Å². The van der Waals surface area contributed by atoms with Crippen molar-refractivity contribution in [2.24, 2.45) is 0 Å². The molecular weight excluding hydrogens is 334 g/mol. The van der Waals surface area contributed by atoms with Crippen LogP contribution in [0, 0.1) is 0 Å². The van der Waals surface area contributed by atoms with Crippen LogP contribution in [0.5, 0.6) is 0 Å². The van der Waals surface area contributed by atoms with Gasteiger partial charge in [0, 0.05) is 22.3 Å². The third-order valence-corrected chi connectivity index (χ3v) is 4.89. The van der Waals surface area contributed by atoms with Crippen LogP contribution in [-0.2, 0) is 0 Å². The molecule has 4 nitrogen and oxygen atoms in total. The Labute approximate surface area is 148 Å². The number of thioether (sulfide) groups is 1. The lowest BCUT2D eigenvalue weighted by molar-refractivity contribution is 0.0971. The summed E-state index contributed by atoms with van der Waals surface area (Å²) in [5.41, 5.74) is 1.33. The maximum atomic E-state index is 12.8. The highest BCUT2D eigenvalue weighted by molar-refractivity contribution is 8.04. The number of fused-ring (bicyclic) bond motifs is 1. The molecule has 0 saturated heterocycles. The quantitative estimate of drug-likeness (QED) is 0.641. The number of benzene rings is 2. The number of Topliss-reactive ketones (excluding diaryl/α,β-unsaturated/α-hetero) is 1. The van der Waals surface area contributed by atoms with Gasteiger partial charge in [-0.05, 0) is 36.4 Å². The van der Waals surface area contributed by atoms with Crippen molar-refractivity contribution < 1.29 is 14.0 Å². The zero-order chi connectivity index (χ0) is 17.2. The van der Waals surface area contributed by atoms with E-state index in [1.165, 1.54) is 22.9 Å². The smallest absolute Gasteiger partial charge is 0.298 e. The van der Waals surface area contributed by atoms with Gasteiger partial charge in [-0.1, -0.05) is 42.1 Å². The van der Waals surface area contributed by atoms with Crippen molar-refractivity contribution in [2.45, 2.75) is 4.90 Å². The van der Waals surface area contributed by atoms with E-state index in [9.17, 15) is 9.59 Å². The van der Waals surface area contributed by atoms with Gasteiger partial charge in [-0.25, -0.2) is 0 Å². The fourth-order valence-electron chi connectivity index (χ4n) is 2.60. The van der Waals surface area contributed by atoms with Crippen LogP contribution in [0.2, 0.25) is 0 Å². The fourth-order valence-corrected chi connectivity index (χ4v) is 3.62. The van der Waals surface area contributed by atoms with Gasteiger partial charge >= 0.3 is 0 Å². The van der Waals surface area contributed by atoms with Crippen LogP contribution in [0.1, 0.15) is 20.9 Å². The number of hydrogen-bond acceptors (Lipinski definition) is 4. The van der Waals surface area contributed by atoms with Gasteiger partial charge in [0.25, 0.3) is 5.91 Å². The molecule has 1 aromatic heterocycles. The molecule has 2 aromatic carbocycles. The number of para-hydroxylation sites is 1. The van der Waals surface area contributed by atoms with Crippen LogP contribution in [-0.4, -0.2) is 11.7 Å². The maximum absolute atomic E-state index is 12.8. The minimum atomic E-state index is -0.326. The summed E-state index contributed by atoms with van der Waals surface area (Å²) < 4.78 is 5.24. The van der Waals surface area contributed by atoms with E-state index in [1.807, 2.05) is 48.5 Å². The van der Waals surface area contributed by atoms with Gasteiger partial charge in [-0.3, -0.25) is 14.5 Å². The summed E-state index contributed by atoms with van der Waals surface area (Å²) in [6.45, 7) is 0. The molecule has 122 valence electrons. The van der Waals surface area contributed by atoms with E-state index in [0.717, 1.165) is 4.90 Å². The normalized spacial score (nSPS) is 14.6. The zero-order valence-corrected chi connectivity index (χ0v) is 13.9.